The van der Waals surface area contributed by atoms with Gasteiger partial charge < -0.3 is 19.8 Å². The number of carboxylic acids is 1. The Hall–Kier alpha value is -3.02. The van der Waals surface area contributed by atoms with Crippen LogP contribution in [0.1, 0.15) is 26.5 Å². The highest BCUT2D eigenvalue weighted by Crippen LogP contribution is 2.23. The van der Waals surface area contributed by atoms with E-state index in [1.165, 1.54) is 6.26 Å². The van der Waals surface area contributed by atoms with Gasteiger partial charge in [0.1, 0.15) is 17.5 Å². The number of hydrogen-bond acceptors (Lipinski definition) is 3. The summed E-state index contributed by atoms with van der Waals surface area (Å²) in [6.45, 7) is 1.72. The van der Waals surface area contributed by atoms with E-state index < -0.39 is 11.9 Å². The molecule has 6 heteroatoms. The molecule has 0 atom stereocenters. The van der Waals surface area contributed by atoms with Crippen LogP contribution in [0.15, 0.2) is 41.0 Å². The average Bonchev–Trinajstić information content (AvgIpc) is 3.02. The van der Waals surface area contributed by atoms with Crippen molar-refractivity contribution in [3.05, 3.63) is 53.5 Å². The van der Waals surface area contributed by atoms with E-state index in [1.807, 2.05) is 6.07 Å². The number of carbonyl (C=O) groups is 2. The van der Waals surface area contributed by atoms with Gasteiger partial charge in [-0.05, 0) is 19.1 Å². The van der Waals surface area contributed by atoms with Gasteiger partial charge in [0, 0.05) is 11.1 Å². The Morgan fingerprint density at radius 1 is 1.29 bits per heavy atom. The number of carbonyl (C=O) groups excluding carboxylic acids is 1. The molecule has 0 aliphatic carbocycles. The predicted molar refractivity (Wildman–Crippen MR) is 76.7 cm³/mol. The highest BCUT2D eigenvalue weighted by molar-refractivity contribution is 6.13. The molecule has 0 saturated carbocycles. The average molecular weight is 284 g/mol. The van der Waals surface area contributed by atoms with E-state index >= 15 is 0 Å². The fourth-order valence-electron chi connectivity index (χ4n) is 2.20. The number of aromatic nitrogens is 1. The van der Waals surface area contributed by atoms with Gasteiger partial charge in [0.2, 0.25) is 0 Å². The first-order chi connectivity index (χ1) is 10.1. The Kier molecular flexibility index (Phi) is 2.98. The standard InChI is InChI=1S/C15H12N2O4/c1-8-6-11(13(16-8)15(19)20)17-14(18)10-7-21-12-5-3-2-4-9(10)12/h2-7,16H,1H3,(H,17,18)(H,19,20). The summed E-state index contributed by atoms with van der Waals surface area (Å²) in [6.07, 6.45) is 1.36. The van der Waals surface area contributed by atoms with Crippen molar-refractivity contribution >= 4 is 28.5 Å². The molecule has 2 aromatic heterocycles. The fraction of sp³-hybridized carbons (Fsp3) is 0.0667. The van der Waals surface area contributed by atoms with Crippen molar-refractivity contribution in [2.24, 2.45) is 0 Å². The van der Waals surface area contributed by atoms with Crippen molar-refractivity contribution < 1.29 is 19.1 Å². The quantitative estimate of drug-likeness (QED) is 0.689. The molecule has 21 heavy (non-hydrogen) atoms. The van der Waals surface area contributed by atoms with Crippen LogP contribution in [0.2, 0.25) is 0 Å². The Morgan fingerprint density at radius 3 is 2.81 bits per heavy atom. The molecule has 0 aliphatic heterocycles. The van der Waals surface area contributed by atoms with Gasteiger partial charge in [0.25, 0.3) is 5.91 Å². The zero-order chi connectivity index (χ0) is 15.0. The second-order valence-electron chi connectivity index (χ2n) is 4.65. The molecule has 3 rings (SSSR count). The van der Waals surface area contributed by atoms with E-state index in [4.69, 9.17) is 9.52 Å². The molecule has 0 aliphatic rings. The highest BCUT2D eigenvalue weighted by Gasteiger charge is 2.18. The van der Waals surface area contributed by atoms with Gasteiger partial charge in [-0.25, -0.2) is 4.79 Å². The van der Waals surface area contributed by atoms with E-state index in [0.717, 1.165) is 0 Å². The Balaban J connectivity index is 1.95. The molecule has 0 unspecified atom stereocenters. The molecule has 106 valence electrons. The molecule has 6 nitrogen and oxygen atoms in total. The van der Waals surface area contributed by atoms with E-state index in [0.29, 0.717) is 22.2 Å². The summed E-state index contributed by atoms with van der Waals surface area (Å²) < 4.78 is 5.31. The van der Waals surface area contributed by atoms with Crippen molar-refractivity contribution in [2.45, 2.75) is 6.92 Å². The number of nitrogens with one attached hydrogen (secondary N) is 2. The zero-order valence-corrected chi connectivity index (χ0v) is 11.1. The fourth-order valence-corrected chi connectivity index (χ4v) is 2.20. The number of furan rings is 1. The summed E-state index contributed by atoms with van der Waals surface area (Å²) in [4.78, 5) is 26.1. The molecule has 3 aromatic rings. The third-order valence-corrected chi connectivity index (χ3v) is 3.14. The normalized spacial score (nSPS) is 10.7. The van der Waals surface area contributed by atoms with E-state index in [2.05, 4.69) is 10.3 Å². The summed E-state index contributed by atoms with van der Waals surface area (Å²) in [7, 11) is 0. The second-order valence-corrected chi connectivity index (χ2v) is 4.65. The van der Waals surface area contributed by atoms with Crippen LogP contribution in [0.4, 0.5) is 5.69 Å². The number of rotatable bonds is 3. The summed E-state index contributed by atoms with van der Waals surface area (Å²) in [6, 6.07) is 8.72. The number of fused-ring (bicyclic) bond motifs is 1. The number of anilines is 1. The maximum atomic E-state index is 12.3. The van der Waals surface area contributed by atoms with Gasteiger partial charge in [-0.3, -0.25) is 4.79 Å². The van der Waals surface area contributed by atoms with E-state index in [9.17, 15) is 9.59 Å². The molecule has 1 amide bonds. The number of aromatic amines is 1. The lowest BCUT2D eigenvalue weighted by Gasteiger charge is -2.02. The van der Waals surface area contributed by atoms with Crippen LogP contribution in [0.5, 0.6) is 0 Å². The van der Waals surface area contributed by atoms with E-state index in [1.54, 1.807) is 31.2 Å². The van der Waals surface area contributed by atoms with Crippen molar-refractivity contribution in [3.8, 4) is 0 Å². The Bertz CT molecular complexity index is 844. The number of H-pyrrole nitrogens is 1. The lowest BCUT2D eigenvalue weighted by molar-refractivity contribution is 0.0692. The van der Waals surface area contributed by atoms with Gasteiger partial charge in [0.15, 0.2) is 0 Å². The number of aryl methyl sites for hydroxylation is 1. The summed E-state index contributed by atoms with van der Waals surface area (Å²) in [5.41, 5.74) is 1.80. The van der Waals surface area contributed by atoms with Crippen LogP contribution < -0.4 is 5.32 Å². The second kappa shape index (κ2) is 4.82. The topological polar surface area (TPSA) is 95.3 Å². The molecule has 0 bridgehead atoms. The minimum Gasteiger partial charge on any atom is -0.477 e. The minimum absolute atomic E-state index is 0.0475. The van der Waals surface area contributed by atoms with Crippen LogP contribution in [-0.4, -0.2) is 22.0 Å². The largest absolute Gasteiger partial charge is 0.477 e. The Labute approximate surface area is 119 Å². The zero-order valence-electron chi connectivity index (χ0n) is 11.1. The van der Waals surface area contributed by atoms with Crippen molar-refractivity contribution in [2.75, 3.05) is 5.32 Å². The number of benzene rings is 1. The highest BCUT2D eigenvalue weighted by atomic mass is 16.4. The first-order valence-electron chi connectivity index (χ1n) is 6.27. The molecule has 3 N–H and O–H groups in total. The summed E-state index contributed by atoms with van der Waals surface area (Å²) in [5.74, 6) is -1.54. The molecule has 0 spiro atoms. The molecule has 0 saturated heterocycles. The Morgan fingerprint density at radius 2 is 2.05 bits per heavy atom. The third-order valence-electron chi connectivity index (χ3n) is 3.14. The minimum atomic E-state index is -1.13. The van der Waals surface area contributed by atoms with Crippen LogP contribution in [0.3, 0.4) is 0 Å². The molecule has 0 radical (unpaired) electrons. The molecular formula is C15H12N2O4. The third kappa shape index (κ3) is 2.27. The first-order valence-corrected chi connectivity index (χ1v) is 6.27. The molecule has 1 aromatic carbocycles. The maximum Gasteiger partial charge on any atom is 0.354 e. The van der Waals surface area contributed by atoms with Crippen LogP contribution >= 0.6 is 0 Å². The summed E-state index contributed by atoms with van der Waals surface area (Å²) >= 11 is 0. The number of carboxylic acid groups (broad SMARTS) is 1. The molecule has 2 heterocycles. The van der Waals surface area contributed by atoms with Gasteiger partial charge in [-0.2, -0.15) is 0 Å². The van der Waals surface area contributed by atoms with Crippen LogP contribution in [-0.2, 0) is 0 Å². The number of para-hydroxylation sites is 1. The van der Waals surface area contributed by atoms with Crippen molar-refractivity contribution in [1.29, 1.82) is 0 Å². The van der Waals surface area contributed by atoms with Crippen LogP contribution in [0, 0.1) is 6.92 Å². The lowest BCUT2D eigenvalue weighted by atomic mass is 10.1. The number of aromatic carboxylic acids is 1. The van der Waals surface area contributed by atoms with Gasteiger partial charge in [0.05, 0.1) is 11.3 Å². The first kappa shape index (κ1) is 13.0. The molecular weight excluding hydrogens is 272 g/mol. The summed E-state index contributed by atoms with van der Waals surface area (Å²) in [5, 5.41) is 12.4. The SMILES string of the molecule is Cc1cc(NC(=O)c2coc3ccccc23)c(C(=O)O)[nH]1. The maximum absolute atomic E-state index is 12.3. The number of hydrogen-bond donors (Lipinski definition) is 3. The van der Waals surface area contributed by atoms with Gasteiger partial charge in [-0.15, -0.1) is 0 Å². The van der Waals surface area contributed by atoms with Crippen molar-refractivity contribution in [1.82, 2.24) is 4.98 Å². The smallest absolute Gasteiger partial charge is 0.354 e. The predicted octanol–water partition coefficient (Wildman–Crippen LogP) is 3.02. The van der Waals surface area contributed by atoms with Crippen molar-refractivity contribution in [3.63, 3.8) is 0 Å². The van der Waals surface area contributed by atoms with E-state index in [-0.39, 0.29) is 11.4 Å². The van der Waals surface area contributed by atoms with Gasteiger partial charge in [-0.1, -0.05) is 18.2 Å². The number of amides is 1. The lowest BCUT2D eigenvalue weighted by Crippen LogP contribution is -2.13. The van der Waals surface area contributed by atoms with Crippen LogP contribution in [0.25, 0.3) is 11.0 Å². The van der Waals surface area contributed by atoms with Gasteiger partial charge >= 0.3 is 5.97 Å². The monoisotopic (exact) mass is 284 g/mol. The molecule has 0 fully saturated rings.